The molecule has 2 aromatic rings. The van der Waals surface area contributed by atoms with Crippen molar-refractivity contribution in [1.29, 1.82) is 0 Å². The van der Waals surface area contributed by atoms with Crippen molar-refractivity contribution < 1.29 is 19.1 Å². The molecule has 132 valence electrons. The van der Waals surface area contributed by atoms with Crippen LogP contribution >= 0.6 is 23.2 Å². The molecule has 1 amide bonds. The van der Waals surface area contributed by atoms with Gasteiger partial charge in [-0.25, -0.2) is 4.79 Å². The third kappa shape index (κ3) is 5.37. The van der Waals surface area contributed by atoms with Gasteiger partial charge in [-0.2, -0.15) is 0 Å². The summed E-state index contributed by atoms with van der Waals surface area (Å²) < 4.78 is 10.5. The Morgan fingerprint density at radius 1 is 1.16 bits per heavy atom. The fourth-order valence-corrected chi connectivity index (χ4v) is 2.45. The summed E-state index contributed by atoms with van der Waals surface area (Å²) in [6.45, 7) is 3.60. The third-order valence-corrected chi connectivity index (χ3v) is 3.74. The highest BCUT2D eigenvalue weighted by molar-refractivity contribution is 6.35. The van der Waals surface area contributed by atoms with Gasteiger partial charge in [0, 0.05) is 10.7 Å². The largest absolute Gasteiger partial charge is 0.479 e. The molecule has 1 unspecified atom stereocenters. The molecular formula is C18H17Cl2NO4. The second-order valence-electron chi connectivity index (χ2n) is 5.13. The molecule has 0 saturated carbocycles. The molecule has 1 atom stereocenters. The number of amides is 1. The molecule has 0 aliphatic carbocycles. The maximum absolute atomic E-state index is 12.3. The Balaban J connectivity index is 2.03. The highest BCUT2D eigenvalue weighted by Crippen LogP contribution is 2.28. The smallest absolute Gasteiger partial charge is 0.338 e. The van der Waals surface area contributed by atoms with Crippen LogP contribution in [0.1, 0.15) is 24.2 Å². The van der Waals surface area contributed by atoms with Crippen LogP contribution < -0.4 is 10.1 Å². The van der Waals surface area contributed by atoms with Crippen LogP contribution in [-0.4, -0.2) is 24.6 Å². The van der Waals surface area contributed by atoms with E-state index in [2.05, 4.69) is 5.32 Å². The first-order valence-corrected chi connectivity index (χ1v) is 8.36. The molecule has 0 spiro atoms. The molecule has 25 heavy (non-hydrogen) atoms. The second kappa shape index (κ2) is 8.74. The number of carbonyl (C=O) groups is 2. The van der Waals surface area contributed by atoms with E-state index in [1.807, 2.05) is 0 Å². The summed E-state index contributed by atoms with van der Waals surface area (Å²) in [6, 6.07) is 11.2. The van der Waals surface area contributed by atoms with Crippen LogP contribution in [-0.2, 0) is 9.53 Å². The van der Waals surface area contributed by atoms with Gasteiger partial charge >= 0.3 is 5.97 Å². The minimum Gasteiger partial charge on any atom is -0.479 e. The zero-order valence-electron chi connectivity index (χ0n) is 13.7. The second-order valence-corrected chi connectivity index (χ2v) is 5.97. The Morgan fingerprint density at radius 3 is 2.60 bits per heavy atom. The highest BCUT2D eigenvalue weighted by Gasteiger charge is 2.17. The summed E-state index contributed by atoms with van der Waals surface area (Å²) in [6.07, 6.45) is -0.801. The molecule has 5 nitrogen and oxygen atoms in total. The van der Waals surface area contributed by atoms with E-state index >= 15 is 0 Å². The van der Waals surface area contributed by atoms with Crippen molar-refractivity contribution in [2.75, 3.05) is 11.9 Å². The van der Waals surface area contributed by atoms with E-state index in [0.717, 1.165) is 0 Å². The van der Waals surface area contributed by atoms with Gasteiger partial charge in [-0.3, -0.25) is 4.79 Å². The van der Waals surface area contributed by atoms with Gasteiger partial charge in [-0.05, 0) is 50.2 Å². The van der Waals surface area contributed by atoms with Crippen LogP contribution in [0.2, 0.25) is 10.0 Å². The Kier molecular flexibility index (Phi) is 6.67. The molecule has 0 aliphatic rings. The number of hydrogen-bond donors (Lipinski definition) is 1. The summed E-state index contributed by atoms with van der Waals surface area (Å²) in [5, 5.41) is 3.48. The van der Waals surface area contributed by atoms with Crippen molar-refractivity contribution in [3.8, 4) is 5.75 Å². The fraction of sp³-hybridized carbons (Fsp3) is 0.222. The van der Waals surface area contributed by atoms with E-state index in [-0.39, 0.29) is 12.5 Å². The molecule has 0 aliphatic heterocycles. The summed E-state index contributed by atoms with van der Waals surface area (Å²) >= 11 is 11.9. The van der Waals surface area contributed by atoms with Crippen LogP contribution in [0.15, 0.2) is 42.5 Å². The summed E-state index contributed by atoms with van der Waals surface area (Å²) in [7, 11) is 0. The normalized spacial score (nSPS) is 11.5. The first kappa shape index (κ1) is 19.1. The van der Waals surface area contributed by atoms with Gasteiger partial charge in [0.25, 0.3) is 5.91 Å². The monoisotopic (exact) mass is 381 g/mol. The van der Waals surface area contributed by atoms with Gasteiger partial charge in [0.15, 0.2) is 6.10 Å². The van der Waals surface area contributed by atoms with E-state index in [1.54, 1.807) is 44.2 Å². The van der Waals surface area contributed by atoms with Crippen molar-refractivity contribution >= 4 is 40.8 Å². The van der Waals surface area contributed by atoms with Gasteiger partial charge in [-0.15, -0.1) is 0 Å². The summed E-state index contributed by atoms with van der Waals surface area (Å²) in [5.41, 5.74) is 0.821. The van der Waals surface area contributed by atoms with Crippen LogP contribution in [0.5, 0.6) is 5.75 Å². The molecule has 0 bridgehead atoms. The molecule has 0 heterocycles. The average molecular weight is 382 g/mol. The van der Waals surface area contributed by atoms with Crippen molar-refractivity contribution in [3.05, 3.63) is 58.1 Å². The van der Waals surface area contributed by atoms with E-state index in [4.69, 9.17) is 32.7 Å². The molecular weight excluding hydrogens is 365 g/mol. The molecule has 1 N–H and O–H groups in total. The molecule has 0 aromatic heterocycles. The Bertz CT molecular complexity index is 779. The van der Waals surface area contributed by atoms with E-state index in [1.165, 1.54) is 12.1 Å². The van der Waals surface area contributed by atoms with Crippen LogP contribution in [0.4, 0.5) is 5.69 Å². The Hall–Kier alpha value is -2.24. The predicted molar refractivity (Wildman–Crippen MR) is 97.6 cm³/mol. The number of esters is 1. The molecule has 0 saturated heterocycles. The number of benzene rings is 2. The third-order valence-electron chi connectivity index (χ3n) is 3.21. The molecule has 2 rings (SSSR count). The predicted octanol–water partition coefficient (Wildman–Crippen LogP) is 4.58. The Labute approximate surface area is 155 Å². The van der Waals surface area contributed by atoms with Crippen molar-refractivity contribution in [1.82, 2.24) is 0 Å². The van der Waals surface area contributed by atoms with Gasteiger partial charge in [0.05, 0.1) is 17.2 Å². The topological polar surface area (TPSA) is 64.6 Å². The van der Waals surface area contributed by atoms with Gasteiger partial charge in [-0.1, -0.05) is 29.3 Å². The van der Waals surface area contributed by atoms with E-state index < -0.39 is 12.1 Å². The van der Waals surface area contributed by atoms with Crippen molar-refractivity contribution in [3.63, 3.8) is 0 Å². The zero-order valence-corrected chi connectivity index (χ0v) is 15.2. The lowest BCUT2D eigenvalue weighted by molar-refractivity contribution is -0.122. The van der Waals surface area contributed by atoms with Gasteiger partial charge in [0.2, 0.25) is 0 Å². The fourth-order valence-electron chi connectivity index (χ4n) is 2.00. The summed E-state index contributed by atoms with van der Waals surface area (Å²) in [5.74, 6) is -0.475. The number of hydrogen-bond acceptors (Lipinski definition) is 4. The van der Waals surface area contributed by atoms with Gasteiger partial charge < -0.3 is 14.8 Å². The number of nitrogens with one attached hydrogen (secondary N) is 1. The lowest BCUT2D eigenvalue weighted by Gasteiger charge is -2.16. The van der Waals surface area contributed by atoms with Crippen molar-refractivity contribution in [2.24, 2.45) is 0 Å². The number of ether oxygens (including phenoxy) is 2. The Morgan fingerprint density at radius 2 is 1.92 bits per heavy atom. The first-order valence-electron chi connectivity index (χ1n) is 7.60. The van der Waals surface area contributed by atoms with Crippen LogP contribution in [0, 0.1) is 0 Å². The standard InChI is InChI=1S/C18H17Cl2NO4/c1-3-24-18(23)12-5-4-6-14(9-12)21-17(22)11(2)25-16-8-7-13(19)10-15(16)20/h4-11H,3H2,1-2H3,(H,21,22). The maximum atomic E-state index is 12.3. The number of rotatable bonds is 6. The minimum atomic E-state index is -0.801. The quantitative estimate of drug-likeness (QED) is 0.743. The summed E-state index contributed by atoms with van der Waals surface area (Å²) in [4.78, 5) is 24.0. The molecule has 0 radical (unpaired) electrons. The average Bonchev–Trinajstić information content (AvgIpc) is 2.57. The zero-order chi connectivity index (χ0) is 18.4. The van der Waals surface area contributed by atoms with E-state index in [9.17, 15) is 9.59 Å². The van der Waals surface area contributed by atoms with Gasteiger partial charge in [0.1, 0.15) is 5.75 Å². The number of carbonyl (C=O) groups excluding carboxylic acids is 2. The van der Waals surface area contributed by atoms with Crippen LogP contribution in [0.25, 0.3) is 0 Å². The van der Waals surface area contributed by atoms with Crippen LogP contribution in [0.3, 0.4) is 0 Å². The van der Waals surface area contributed by atoms with Crippen molar-refractivity contribution in [2.45, 2.75) is 20.0 Å². The lowest BCUT2D eigenvalue weighted by atomic mass is 10.2. The minimum absolute atomic E-state index is 0.280. The molecule has 2 aromatic carbocycles. The molecule has 7 heteroatoms. The molecule has 0 fully saturated rings. The SMILES string of the molecule is CCOC(=O)c1cccc(NC(=O)C(C)Oc2ccc(Cl)cc2Cl)c1. The van der Waals surface area contributed by atoms with E-state index in [0.29, 0.717) is 27.0 Å². The number of halogens is 2. The number of anilines is 1. The highest BCUT2D eigenvalue weighted by atomic mass is 35.5. The first-order chi connectivity index (χ1) is 11.9. The maximum Gasteiger partial charge on any atom is 0.338 e. The lowest BCUT2D eigenvalue weighted by Crippen LogP contribution is -2.30.